The minimum atomic E-state index is -3.43. The van der Waals surface area contributed by atoms with E-state index in [1.165, 1.54) is 11.3 Å². The SMILES string of the molecule is Cn1cc(CCNS(=O)(=O)c2ccc(CN)s2)cn1. The van der Waals surface area contributed by atoms with Gasteiger partial charge in [-0.25, -0.2) is 13.1 Å². The van der Waals surface area contributed by atoms with E-state index in [0.717, 1.165) is 10.4 Å². The summed E-state index contributed by atoms with van der Waals surface area (Å²) in [6.45, 7) is 0.708. The first-order valence-corrected chi connectivity index (χ1v) is 8.07. The van der Waals surface area contributed by atoms with Gasteiger partial charge in [-0.2, -0.15) is 5.10 Å². The number of nitrogens with two attached hydrogens (primary N) is 1. The Morgan fingerprint density at radius 3 is 2.84 bits per heavy atom. The van der Waals surface area contributed by atoms with Crippen molar-refractivity contribution >= 4 is 21.4 Å². The Bertz CT molecular complexity index is 645. The number of nitrogens with zero attached hydrogens (tertiary/aromatic N) is 2. The van der Waals surface area contributed by atoms with Gasteiger partial charge in [0.25, 0.3) is 0 Å². The monoisotopic (exact) mass is 300 g/mol. The molecule has 2 aromatic rings. The number of thiophene rings is 1. The van der Waals surface area contributed by atoms with Gasteiger partial charge >= 0.3 is 0 Å². The van der Waals surface area contributed by atoms with Crippen LogP contribution in [0.15, 0.2) is 28.7 Å². The van der Waals surface area contributed by atoms with Crippen LogP contribution in [0.5, 0.6) is 0 Å². The van der Waals surface area contributed by atoms with Crippen molar-refractivity contribution in [2.45, 2.75) is 17.2 Å². The van der Waals surface area contributed by atoms with E-state index in [1.807, 2.05) is 13.2 Å². The fraction of sp³-hybridized carbons (Fsp3) is 0.364. The molecule has 19 heavy (non-hydrogen) atoms. The molecule has 0 unspecified atom stereocenters. The van der Waals surface area contributed by atoms with Gasteiger partial charge in [-0.15, -0.1) is 11.3 Å². The zero-order chi connectivity index (χ0) is 13.9. The van der Waals surface area contributed by atoms with Crippen LogP contribution in [0.25, 0.3) is 0 Å². The van der Waals surface area contributed by atoms with Gasteiger partial charge in [-0.1, -0.05) is 0 Å². The predicted octanol–water partition coefficient (Wildman–Crippen LogP) is 0.461. The van der Waals surface area contributed by atoms with Crippen molar-refractivity contribution in [3.8, 4) is 0 Å². The molecule has 2 heterocycles. The highest BCUT2D eigenvalue weighted by Gasteiger charge is 2.15. The summed E-state index contributed by atoms with van der Waals surface area (Å²) in [5.74, 6) is 0. The maximum absolute atomic E-state index is 12.0. The van der Waals surface area contributed by atoms with Gasteiger partial charge in [0.15, 0.2) is 0 Å². The van der Waals surface area contributed by atoms with Gasteiger partial charge in [0.1, 0.15) is 4.21 Å². The predicted molar refractivity (Wildman–Crippen MR) is 74.3 cm³/mol. The maximum Gasteiger partial charge on any atom is 0.250 e. The molecule has 0 aliphatic heterocycles. The third-order valence-corrected chi connectivity index (χ3v) is 5.63. The van der Waals surface area contributed by atoms with Crippen LogP contribution < -0.4 is 10.5 Å². The van der Waals surface area contributed by atoms with E-state index >= 15 is 0 Å². The fourth-order valence-corrected chi connectivity index (χ4v) is 3.93. The van der Waals surface area contributed by atoms with Crippen molar-refractivity contribution in [1.82, 2.24) is 14.5 Å². The summed E-state index contributed by atoms with van der Waals surface area (Å²) in [6, 6.07) is 3.32. The molecule has 0 aromatic carbocycles. The Morgan fingerprint density at radius 2 is 2.26 bits per heavy atom. The fourth-order valence-electron chi connectivity index (χ4n) is 1.61. The number of sulfonamides is 1. The molecule has 0 bridgehead atoms. The highest BCUT2D eigenvalue weighted by molar-refractivity contribution is 7.91. The maximum atomic E-state index is 12.0. The summed E-state index contributed by atoms with van der Waals surface area (Å²) >= 11 is 1.20. The van der Waals surface area contributed by atoms with E-state index in [1.54, 1.807) is 23.0 Å². The van der Waals surface area contributed by atoms with Crippen molar-refractivity contribution < 1.29 is 8.42 Å². The second kappa shape index (κ2) is 5.83. The lowest BCUT2D eigenvalue weighted by atomic mass is 10.3. The van der Waals surface area contributed by atoms with Crippen molar-refractivity contribution in [3.05, 3.63) is 35.0 Å². The zero-order valence-electron chi connectivity index (χ0n) is 10.5. The average molecular weight is 300 g/mol. The van der Waals surface area contributed by atoms with E-state index in [9.17, 15) is 8.42 Å². The van der Waals surface area contributed by atoms with Gasteiger partial charge in [-0.3, -0.25) is 4.68 Å². The minimum absolute atomic E-state index is 0.305. The number of rotatable bonds is 6. The zero-order valence-corrected chi connectivity index (χ0v) is 12.2. The van der Waals surface area contributed by atoms with Crippen LogP contribution in [0.1, 0.15) is 10.4 Å². The molecule has 8 heteroatoms. The standard InChI is InChI=1S/C11H16N4O2S2/c1-15-8-9(7-13-15)4-5-14-19(16,17)11-3-2-10(6-12)18-11/h2-3,7-8,14H,4-6,12H2,1H3. The normalized spacial score (nSPS) is 11.9. The Hall–Kier alpha value is -1.22. The molecule has 2 rings (SSSR count). The number of aryl methyl sites for hydroxylation is 1. The summed E-state index contributed by atoms with van der Waals surface area (Å²) in [6.07, 6.45) is 4.21. The number of hydrogen-bond donors (Lipinski definition) is 2. The molecule has 0 spiro atoms. The third-order valence-electron chi connectivity index (χ3n) is 2.57. The van der Waals surface area contributed by atoms with Crippen molar-refractivity contribution in [2.24, 2.45) is 12.8 Å². The molecule has 0 saturated carbocycles. The van der Waals surface area contributed by atoms with Gasteiger partial charge < -0.3 is 5.73 Å². The van der Waals surface area contributed by atoms with Crippen molar-refractivity contribution in [3.63, 3.8) is 0 Å². The lowest BCUT2D eigenvalue weighted by Crippen LogP contribution is -2.25. The molecule has 0 saturated heterocycles. The summed E-state index contributed by atoms with van der Waals surface area (Å²) in [5.41, 5.74) is 6.47. The topological polar surface area (TPSA) is 90.0 Å². The molecule has 0 amide bonds. The molecular formula is C11H16N4O2S2. The molecule has 0 atom stereocenters. The lowest BCUT2D eigenvalue weighted by molar-refractivity contribution is 0.584. The first-order valence-electron chi connectivity index (χ1n) is 5.77. The van der Waals surface area contributed by atoms with Crippen LogP contribution in [-0.4, -0.2) is 24.7 Å². The molecule has 0 fully saturated rings. The molecule has 0 aliphatic rings. The molecule has 2 aromatic heterocycles. The summed E-state index contributed by atoms with van der Waals surface area (Å²) in [5, 5.41) is 4.03. The van der Waals surface area contributed by atoms with Crippen molar-refractivity contribution in [1.29, 1.82) is 0 Å². The molecule has 0 aliphatic carbocycles. The Kier molecular flexibility index (Phi) is 4.35. The van der Waals surface area contributed by atoms with Gasteiger partial charge in [-0.05, 0) is 24.1 Å². The molecular weight excluding hydrogens is 284 g/mol. The van der Waals surface area contributed by atoms with Crippen LogP contribution in [0.3, 0.4) is 0 Å². The van der Waals surface area contributed by atoms with E-state index in [4.69, 9.17) is 5.73 Å². The number of aromatic nitrogens is 2. The number of hydrogen-bond acceptors (Lipinski definition) is 5. The van der Waals surface area contributed by atoms with Gasteiger partial charge in [0.2, 0.25) is 10.0 Å². The molecule has 6 nitrogen and oxygen atoms in total. The number of nitrogens with one attached hydrogen (secondary N) is 1. The van der Waals surface area contributed by atoms with E-state index in [0.29, 0.717) is 23.7 Å². The Morgan fingerprint density at radius 1 is 1.47 bits per heavy atom. The van der Waals surface area contributed by atoms with Crippen LogP contribution in [0.2, 0.25) is 0 Å². The van der Waals surface area contributed by atoms with E-state index < -0.39 is 10.0 Å². The second-order valence-corrected chi connectivity index (χ2v) is 7.26. The van der Waals surface area contributed by atoms with E-state index in [2.05, 4.69) is 9.82 Å². The first kappa shape index (κ1) is 14.2. The van der Waals surface area contributed by atoms with Crippen LogP contribution in [0, 0.1) is 0 Å². The highest BCUT2D eigenvalue weighted by atomic mass is 32.2. The second-order valence-electron chi connectivity index (χ2n) is 4.09. The first-order chi connectivity index (χ1) is 9.01. The van der Waals surface area contributed by atoms with Crippen molar-refractivity contribution in [2.75, 3.05) is 6.54 Å². The third kappa shape index (κ3) is 3.63. The Labute approximate surface area is 116 Å². The Balaban J connectivity index is 1.94. The quantitative estimate of drug-likeness (QED) is 0.811. The molecule has 0 radical (unpaired) electrons. The average Bonchev–Trinajstić information content (AvgIpc) is 2.98. The van der Waals surface area contributed by atoms with Crippen LogP contribution in [0.4, 0.5) is 0 Å². The summed E-state index contributed by atoms with van der Waals surface area (Å²) in [4.78, 5) is 0.854. The summed E-state index contributed by atoms with van der Waals surface area (Å²) in [7, 11) is -1.60. The largest absolute Gasteiger partial charge is 0.326 e. The van der Waals surface area contributed by atoms with E-state index in [-0.39, 0.29) is 0 Å². The van der Waals surface area contributed by atoms with Gasteiger partial charge in [0, 0.05) is 31.2 Å². The van der Waals surface area contributed by atoms with Crippen LogP contribution in [-0.2, 0) is 30.0 Å². The smallest absolute Gasteiger partial charge is 0.250 e. The molecule has 3 N–H and O–H groups in total. The van der Waals surface area contributed by atoms with Gasteiger partial charge in [0.05, 0.1) is 6.20 Å². The summed E-state index contributed by atoms with van der Waals surface area (Å²) < 4.78 is 28.6. The molecule has 104 valence electrons. The van der Waals surface area contributed by atoms with Crippen LogP contribution >= 0.6 is 11.3 Å². The minimum Gasteiger partial charge on any atom is -0.326 e. The lowest BCUT2D eigenvalue weighted by Gasteiger charge is -2.03. The highest BCUT2D eigenvalue weighted by Crippen LogP contribution is 2.20.